The number of amides is 1. The van der Waals surface area contributed by atoms with Gasteiger partial charge in [-0.3, -0.25) is 9.59 Å². The number of carbonyl (C=O) groups is 2. The molecule has 0 radical (unpaired) electrons. The summed E-state index contributed by atoms with van der Waals surface area (Å²) in [5, 5.41) is 11.9. The van der Waals surface area contributed by atoms with E-state index in [1.165, 1.54) is 0 Å². The molecule has 0 bridgehead atoms. The third-order valence-corrected chi connectivity index (χ3v) is 4.31. The normalized spacial score (nSPS) is 29.2. The lowest BCUT2D eigenvalue weighted by Gasteiger charge is -2.25. The Balaban J connectivity index is 1.52. The van der Waals surface area contributed by atoms with E-state index in [1.54, 1.807) is 0 Å². The molecular formula is C15H25NO5. The number of nitrogens with one attached hydrogen (secondary N) is 1. The van der Waals surface area contributed by atoms with Crippen LogP contribution in [0.4, 0.5) is 0 Å². The van der Waals surface area contributed by atoms with Gasteiger partial charge in [-0.15, -0.1) is 0 Å². The van der Waals surface area contributed by atoms with Crippen LogP contribution in [0.5, 0.6) is 0 Å². The van der Waals surface area contributed by atoms with Crippen LogP contribution in [-0.2, 0) is 19.1 Å². The number of aliphatic carboxylic acids is 1. The average Bonchev–Trinajstić information content (AvgIpc) is 3.00. The molecule has 0 aromatic rings. The fraction of sp³-hybridized carbons (Fsp3) is 0.867. The summed E-state index contributed by atoms with van der Waals surface area (Å²) in [6, 6.07) is 0. The van der Waals surface area contributed by atoms with Crippen molar-refractivity contribution >= 4 is 11.9 Å². The fourth-order valence-electron chi connectivity index (χ4n) is 2.92. The van der Waals surface area contributed by atoms with Crippen LogP contribution in [0.3, 0.4) is 0 Å². The molecule has 1 saturated carbocycles. The third-order valence-electron chi connectivity index (χ3n) is 4.31. The molecule has 1 saturated heterocycles. The van der Waals surface area contributed by atoms with E-state index in [4.69, 9.17) is 14.6 Å². The fourth-order valence-corrected chi connectivity index (χ4v) is 2.92. The van der Waals surface area contributed by atoms with Gasteiger partial charge in [-0.1, -0.05) is 0 Å². The van der Waals surface area contributed by atoms with Crippen LogP contribution in [0.1, 0.15) is 38.5 Å². The highest BCUT2D eigenvalue weighted by Crippen LogP contribution is 2.28. The second-order valence-corrected chi connectivity index (χ2v) is 5.89. The zero-order valence-electron chi connectivity index (χ0n) is 12.4. The number of carboxylic acid groups (broad SMARTS) is 1. The van der Waals surface area contributed by atoms with Crippen LogP contribution in [0.15, 0.2) is 0 Å². The Hall–Kier alpha value is -1.14. The average molecular weight is 299 g/mol. The van der Waals surface area contributed by atoms with Gasteiger partial charge in [0.1, 0.15) is 0 Å². The summed E-state index contributed by atoms with van der Waals surface area (Å²) in [6.45, 7) is 2.71. The molecule has 2 aliphatic rings. The first-order chi connectivity index (χ1) is 10.2. The van der Waals surface area contributed by atoms with Gasteiger partial charge in [0.25, 0.3) is 0 Å². The zero-order chi connectivity index (χ0) is 15.1. The van der Waals surface area contributed by atoms with Gasteiger partial charge in [-0.25, -0.2) is 0 Å². The quantitative estimate of drug-likeness (QED) is 0.690. The van der Waals surface area contributed by atoms with Crippen LogP contribution in [0.25, 0.3) is 0 Å². The Morgan fingerprint density at radius 2 is 1.86 bits per heavy atom. The summed E-state index contributed by atoms with van der Waals surface area (Å²) in [6.07, 6.45) is 4.55. The molecule has 2 rings (SSSR count). The molecule has 1 aliphatic heterocycles. The number of rotatable bonds is 7. The molecule has 21 heavy (non-hydrogen) atoms. The highest BCUT2D eigenvalue weighted by Gasteiger charge is 2.29. The van der Waals surface area contributed by atoms with E-state index in [9.17, 15) is 9.59 Å². The van der Waals surface area contributed by atoms with E-state index < -0.39 is 5.97 Å². The first-order valence-corrected chi connectivity index (χ1v) is 7.86. The summed E-state index contributed by atoms with van der Waals surface area (Å²) in [7, 11) is 0. The first-order valence-electron chi connectivity index (χ1n) is 7.86. The maximum Gasteiger partial charge on any atom is 0.306 e. The van der Waals surface area contributed by atoms with Crippen molar-refractivity contribution in [2.75, 3.05) is 26.4 Å². The van der Waals surface area contributed by atoms with Gasteiger partial charge in [0.05, 0.1) is 18.6 Å². The van der Waals surface area contributed by atoms with E-state index in [-0.39, 0.29) is 23.8 Å². The van der Waals surface area contributed by atoms with Crippen molar-refractivity contribution in [2.45, 2.75) is 44.6 Å². The zero-order valence-corrected chi connectivity index (χ0v) is 12.4. The van der Waals surface area contributed by atoms with Gasteiger partial charge in [-0.05, 0) is 38.5 Å². The van der Waals surface area contributed by atoms with Gasteiger partial charge in [0.2, 0.25) is 5.91 Å². The van der Waals surface area contributed by atoms with Gasteiger partial charge in [0, 0.05) is 25.7 Å². The number of hydrogen-bond acceptors (Lipinski definition) is 4. The smallest absolute Gasteiger partial charge is 0.306 e. The van der Waals surface area contributed by atoms with E-state index in [0.717, 1.165) is 19.4 Å². The number of carbonyl (C=O) groups excluding carboxylic acids is 1. The monoisotopic (exact) mass is 299 g/mol. The van der Waals surface area contributed by atoms with Gasteiger partial charge >= 0.3 is 5.97 Å². The Morgan fingerprint density at radius 1 is 1.14 bits per heavy atom. The van der Waals surface area contributed by atoms with Crippen molar-refractivity contribution in [3.63, 3.8) is 0 Å². The molecule has 2 N–H and O–H groups in total. The van der Waals surface area contributed by atoms with Crippen LogP contribution in [0, 0.1) is 11.8 Å². The first kappa shape index (κ1) is 16.2. The number of ether oxygens (including phenoxy) is 2. The molecule has 2 fully saturated rings. The van der Waals surface area contributed by atoms with Crippen molar-refractivity contribution < 1.29 is 24.2 Å². The lowest BCUT2D eigenvalue weighted by atomic mass is 9.81. The van der Waals surface area contributed by atoms with Gasteiger partial charge < -0.3 is 19.9 Å². The lowest BCUT2D eigenvalue weighted by molar-refractivity contribution is -0.144. The Bertz CT molecular complexity index is 346. The van der Waals surface area contributed by atoms with Crippen LogP contribution >= 0.6 is 0 Å². The second-order valence-electron chi connectivity index (χ2n) is 5.89. The van der Waals surface area contributed by atoms with Crippen molar-refractivity contribution in [1.82, 2.24) is 5.32 Å². The van der Waals surface area contributed by atoms with Crippen molar-refractivity contribution in [2.24, 2.45) is 11.8 Å². The highest BCUT2D eigenvalue weighted by molar-refractivity contribution is 5.79. The van der Waals surface area contributed by atoms with Crippen LogP contribution in [0.2, 0.25) is 0 Å². The lowest BCUT2D eigenvalue weighted by Crippen LogP contribution is -2.35. The maximum absolute atomic E-state index is 12.0. The Labute approximate surface area is 125 Å². The molecule has 1 aliphatic carbocycles. The summed E-state index contributed by atoms with van der Waals surface area (Å²) in [4.78, 5) is 22.8. The second kappa shape index (κ2) is 8.34. The van der Waals surface area contributed by atoms with Crippen molar-refractivity contribution in [1.29, 1.82) is 0 Å². The summed E-state index contributed by atoms with van der Waals surface area (Å²) < 4.78 is 10.8. The molecule has 0 aromatic heterocycles. The molecule has 0 spiro atoms. The van der Waals surface area contributed by atoms with Crippen molar-refractivity contribution in [3.05, 3.63) is 0 Å². The maximum atomic E-state index is 12.0. The molecule has 1 unspecified atom stereocenters. The molecule has 1 amide bonds. The molecule has 0 aromatic carbocycles. The largest absolute Gasteiger partial charge is 0.481 e. The minimum Gasteiger partial charge on any atom is -0.481 e. The summed E-state index contributed by atoms with van der Waals surface area (Å²) in [5.41, 5.74) is 0. The molecule has 6 heteroatoms. The predicted molar refractivity (Wildman–Crippen MR) is 75.9 cm³/mol. The van der Waals surface area contributed by atoms with Crippen molar-refractivity contribution in [3.8, 4) is 0 Å². The minimum absolute atomic E-state index is 0.0234. The number of carboxylic acids is 1. The molecular weight excluding hydrogens is 274 g/mol. The topological polar surface area (TPSA) is 84.9 Å². The SMILES string of the molecule is O=C(O)C1CCC(C(=O)NCCCOC2CCOC2)CC1. The molecule has 6 nitrogen and oxygen atoms in total. The van der Waals surface area contributed by atoms with Crippen LogP contribution in [-0.4, -0.2) is 49.5 Å². The molecule has 1 heterocycles. The molecule has 120 valence electrons. The Morgan fingerprint density at radius 3 is 2.48 bits per heavy atom. The highest BCUT2D eigenvalue weighted by atomic mass is 16.5. The summed E-state index contributed by atoms with van der Waals surface area (Å²) in [5.74, 6) is -0.967. The van der Waals surface area contributed by atoms with E-state index in [1.807, 2.05) is 0 Å². The van der Waals surface area contributed by atoms with E-state index in [0.29, 0.717) is 45.4 Å². The standard InChI is InChI=1S/C15H25NO5/c17-14(11-2-4-12(5-3-11)15(18)19)16-7-1-8-21-13-6-9-20-10-13/h11-13H,1-10H2,(H,16,17)(H,18,19). The third kappa shape index (κ3) is 5.28. The number of hydrogen-bond donors (Lipinski definition) is 2. The molecule has 1 atom stereocenters. The van der Waals surface area contributed by atoms with E-state index in [2.05, 4.69) is 5.32 Å². The minimum atomic E-state index is -0.734. The van der Waals surface area contributed by atoms with Gasteiger partial charge in [0.15, 0.2) is 0 Å². The Kier molecular flexibility index (Phi) is 6.45. The van der Waals surface area contributed by atoms with Gasteiger partial charge in [-0.2, -0.15) is 0 Å². The predicted octanol–water partition coefficient (Wildman–Crippen LogP) is 1.19. The van der Waals surface area contributed by atoms with E-state index >= 15 is 0 Å². The summed E-state index contributed by atoms with van der Waals surface area (Å²) >= 11 is 0. The van der Waals surface area contributed by atoms with Crippen LogP contribution < -0.4 is 5.32 Å².